The third kappa shape index (κ3) is 2.19. The molecule has 0 aliphatic carbocycles. The van der Waals surface area contributed by atoms with Gasteiger partial charge in [-0.3, -0.25) is 0 Å². The summed E-state index contributed by atoms with van der Waals surface area (Å²) in [5, 5.41) is 0.00113. The molecule has 84 valence electrons. The molecule has 0 aliphatic heterocycles. The second-order valence-electron chi connectivity index (χ2n) is 3.09. The number of oxazole rings is 1. The van der Waals surface area contributed by atoms with E-state index in [9.17, 15) is 13.2 Å². The molecule has 0 amide bonds. The number of aromatic nitrogens is 1. The Labute approximate surface area is 93.7 Å². The molecule has 16 heavy (non-hydrogen) atoms. The number of rotatable bonds is 1. The molecule has 0 unspecified atom stereocenters. The third-order valence-electron chi connectivity index (χ3n) is 1.94. The first-order valence-corrected chi connectivity index (χ1v) is 4.61. The number of nitrogens with zero attached hydrogens (tertiary/aromatic N) is 1. The van der Waals surface area contributed by atoms with Gasteiger partial charge in [-0.05, 0) is 18.2 Å². The monoisotopic (exact) mass is 247 g/mol. The highest BCUT2D eigenvalue weighted by Crippen LogP contribution is 2.34. The highest BCUT2D eigenvalue weighted by Gasteiger charge is 2.31. The second-order valence-corrected chi connectivity index (χ2v) is 3.53. The fourth-order valence-electron chi connectivity index (χ4n) is 1.25. The minimum Gasteiger partial charge on any atom is -0.444 e. The Kier molecular flexibility index (Phi) is 2.63. The van der Waals surface area contributed by atoms with Gasteiger partial charge in [-0.25, -0.2) is 4.98 Å². The lowest BCUT2D eigenvalue weighted by atomic mass is 10.1. The molecule has 0 saturated heterocycles. The molecular weight excluding hydrogens is 243 g/mol. The lowest BCUT2D eigenvalue weighted by Crippen LogP contribution is -2.04. The SMILES string of the molecule is FC(F)(F)c1cc(Cl)cc(-c2cnco2)c1. The summed E-state index contributed by atoms with van der Waals surface area (Å²) in [5.74, 6) is 0.244. The zero-order valence-electron chi connectivity index (χ0n) is 7.75. The molecule has 1 aromatic heterocycles. The average molecular weight is 248 g/mol. The maximum absolute atomic E-state index is 12.5. The van der Waals surface area contributed by atoms with Crippen LogP contribution < -0.4 is 0 Å². The van der Waals surface area contributed by atoms with Gasteiger partial charge in [0.2, 0.25) is 0 Å². The van der Waals surface area contributed by atoms with Crippen molar-refractivity contribution in [2.75, 3.05) is 0 Å². The van der Waals surface area contributed by atoms with Gasteiger partial charge in [-0.1, -0.05) is 11.6 Å². The fourth-order valence-corrected chi connectivity index (χ4v) is 1.49. The van der Waals surface area contributed by atoms with E-state index < -0.39 is 11.7 Å². The molecule has 2 rings (SSSR count). The predicted molar refractivity (Wildman–Crippen MR) is 52.0 cm³/mol. The molecule has 0 atom stereocenters. The Hall–Kier alpha value is -1.49. The molecular formula is C10H5ClF3NO. The molecule has 0 N–H and O–H groups in total. The van der Waals surface area contributed by atoms with Gasteiger partial charge >= 0.3 is 6.18 Å². The number of hydrogen-bond donors (Lipinski definition) is 0. The second kappa shape index (κ2) is 3.83. The van der Waals surface area contributed by atoms with Gasteiger partial charge in [-0.15, -0.1) is 0 Å². The summed E-state index contributed by atoms with van der Waals surface area (Å²) in [5.41, 5.74) is -0.566. The van der Waals surface area contributed by atoms with Crippen LogP contribution in [0.1, 0.15) is 5.56 Å². The molecule has 0 bridgehead atoms. The molecule has 2 nitrogen and oxygen atoms in total. The first kappa shape index (κ1) is 11.0. The Bertz CT molecular complexity index is 493. The van der Waals surface area contributed by atoms with Crippen LogP contribution in [0.4, 0.5) is 13.2 Å². The van der Waals surface area contributed by atoms with Crippen molar-refractivity contribution in [2.24, 2.45) is 0 Å². The smallest absolute Gasteiger partial charge is 0.416 e. The molecule has 2 aromatic rings. The first-order valence-electron chi connectivity index (χ1n) is 4.23. The van der Waals surface area contributed by atoms with Crippen LogP contribution in [-0.4, -0.2) is 4.98 Å². The number of benzene rings is 1. The highest BCUT2D eigenvalue weighted by atomic mass is 35.5. The molecule has 0 aliphatic rings. The maximum atomic E-state index is 12.5. The number of hydrogen-bond acceptors (Lipinski definition) is 2. The van der Waals surface area contributed by atoms with Crippen molar-refractivity contribution < 1.29 is 17.6 Å². The Balaban J connectivity index is 2.53. The van der Waals surface area contributed by atoms with Gasteiger partial charge in [0.25, 0.3) is 0 Å². The maximum Gasteiger partial charge on any atom is 0.416 e. The van der Waals surface area contributed by atoms with E-state index in [-0.39, 0.29) is 16.3 Å². The highest BCUT2D eigenvalue weighted by molar-refractivity contribution is 6.30. The Morgan fingerprint density at radius 3 is 2.50 bits per heavy atom. The molecule has 0 fully saturated rings. The van der Waals surface area contributed by atoms with Crippen LogP contribution in [0, 0.1) is 0 Å². The van der Waals surface area contributed by atoms with Crippen molar-refractivity contribution in [3.8, 4) is 11.3 Å². The number of alkyl halides is 3. The van der Waals surface area contributed by atoms with E-state index in [4.69, 9.17) is 16.0 Å². The van der Waals surface area contributed by atoms with Crippen molar-refractivity contribution in [3.63, 3.8) is 0 Å². The summed E-state index contributed by atoms with van der Waals surface area (Å²) in [6.45, 7) is 0. The lowest BCUT2D eigenvalue weighted by molar-refractivity contribution is -0.137. The molecule has 0 radical (unpaired) electrons. The minimum absolute atomic E-state index is 0.00113. The van der Waals surface area contributed by atoms with Gasteiger partial charge in [0.05, 0.1) is 11.8 Å². The van der Waals surface area contributed by atoms with E-state index in [1.165, 1.54) is 12.3 Å². The molecule has 0 spiro atoms. The molecule has 6 heteroatoms. The summed E-state index contributed by atoms with van der Waals surface area (Å²) < 4.78 is 42.4. The van der Waals surface area contributed by atoms with Crippen molar-refractivity contribution in [2.45, 2.75) is 6.18 Å². The summed E-state index contributed by atoms with van der Waals surface area (Å²) >= 11 is 5.61. The topological polar surface area (TPSA) is 26.0 Å². The zero-order chi connectivity index (χ0) is 11.8. The quantitative estimate of drug-likeness (QED) is 0.761. The summed E-state index contributed by atoms with van der Waals surface area (Å²) in [4.78, 5) is 3.63. The Morgan fingerprint density at radius 2 is 1.94 bits per heavy atom. The Morgan fingerprint density at radius 1 is 1.19 bits per heavy atom. The van der Waals surface area contributed by atoms with E-state index in [2.05, 4.69) is 4.98 Å². The van der Waals surface area contributed by atoms with Crippen LogP contribution in [0.5, 0.6) is 0 Å². The van der Waals surface area contributed by atoms with Crippen LogP contribution in [0.2, 0.25) is 5.02 Å². The molecule has 0 saturated carbocycles. The van der Waals surface area contributed by atoms with Gasteiger partial charge in [0.1, 0.15) is 0 Å². The van der Waals surface area contributed by atoms with Crippen molar-refractivity contribution >= 4 is 11.6 Å². The minimum atomic E-state index is -4.43. The van der Waals surface area contributed by atoms with Gasteiger partial charge in [-0.2, -0.15) is 13.2 Å². The van der Waals surface area contributed by atoms with Crippen molar-refractivity contribution in [3.05, 3.63) is 41.4 Å². The lowest BCUT2D eigenvalue weighted by Gasteiger charge is -2.08. The van der Waals surface area contributed by atoms with E-state index in [1.807, 2.05) is 0 Å². The predicted octanol–water partition coefficient (Wildman–Crippen LogP) is 4.01. The summed E-state index contributed by atoms with van der Waals surface area (Å²) in [6, 6.07) is 3.21. The van der Waals surface area contributed by atoms with Gasteiger partial charge in [0.15, 0.2) is 12.2 Å². The average Bonchev–Trinajstić information content (AvgIpc) is 2.68. The van der Waals surface area contributed by atoms with Crippen molar-refractivity contribution in [1.29, 1.82) is 0 Å². The van der Waals surface area contributed by atoms with Gasteiger partial charge in [0, 0.05) is 10.6 Å². The molecule has 1 aromatic carbocycles. The van der Waals surface area contributed by atoms with Crippen LogP contribution in [-0.2, 0) is 6.18 Å². The number of halogens is 4. The van der Waals surface area contributed by atoms with Crippen LogP contribution >= 0.6 is 11.6 Å². The van der Waals surface area contributed by atoms with E-state index >= 15 is 0 Å². The summed E-state index contributed by atoms with van der Waals surface area (Å²) in [7, 11) is 0. The van der Waals surface area contributed by atoms with E-state index in [1.54, 1.807) is 0 Å². The third-order valence-corrected chi connectivity index (χ3v) is 2.16. The normalized spacial score (nSPS) is 11.8. The van der Waals surface area contributed by atoms with Crippen LogP contribution in [0.15, 0.2) is 35.2 Å². The zero-order valence-corrected chi connectivity index (χ0v) is 8.51. The summed E-state index contributed by atoms with van der Waals surface area (Å²) in [6.07, 6.45) is -1.96. The van der Waals surface area contributed by atoms with Crippen LogP contribution in [0.25, 0.3) is 11.3 Å². The van der Waals surface area contributed by atoms with Crippen molar-refractivity contribution in [1.82, 2.24) is 4.98 Å². The standard InChI is InChI=1S/C10H5ClF3NO/c11-8-2-6(9-4-15-5-16-9)1-7(3-8)10(12,13)14/h1-5H. The van der Waals surface area contributed by atoms with Crippen LogP contribution in [0.3, 0.4) is 0 Å². The first-order chi connectivity index (χ1) is 7.47. The van der Waals surface area contributed by atoms with E-state index in [0.29, 0.717) is 0 Å². The molecule has 1 heterocycles. The van der Waals surface area contributed by atoms with E-state index in [0.717, 1.165) is 18.5 Å². The fraction of sp³-hybridized carbons (Fsp3) is 0.100. The largest absolute Gasteiger partial charge is 0.444 e. The van der Waals surface area contributed by atoms with Gasteiger partial charge < -0.3 is 4.42 Å².